The smallest absolute Gasteiger partial charge is 0.525 e. The van der Waals surface area contributed by atoms with Crippen LogP contribution in [0.5, 0.6) is 11.5 Å². The molecule has 4 heterocycles. The van der Waals surface area contributed by atoms with E-state index in [0.29, 0.717) is 34.3 Å². The Labute approximate surface area is 166 Å². The molecule has 0 atom stereocenters. The second-order valence-electron chi connectivity index (χ2n) is 5.98. The van der Waals surface area contributed by atoms with Crippen molar-refractivity contribution in [3.63, 3.8) is 0 Å². The maximum absolute atomic E-state index is 10.8. The first kappa shape index (κ1) is 18.2. The summed E-state index contributed by atoms with van der Waals surface area (Å²) in [5, 5.41) is 0. The predicted molar refractivity (Wildman–Crippen MR) is 105 cm³/mol. The number of hydrogen-bond acceptors (Lipinski definition) is 6. The molecule has 0 bridgehead atoms. The van der Waals surface area contributed by atoms with Crippen molar-refractivity contribution in [2.75, 3.05) is 0 Å². The zero-order valence-corrected chi connectivity index (χ0v) is 15.1. The van der Waals surface area contributed by atoms with Gasteiger partial charge in [0.15, 0.2) is 12.6 Å². The number of rotatable bonds is 8. The Hall–Kier alpha value is -4.14. The highest BCUT2D eigenvalue weighted by atomic mass is 16.6. The predicted octanol–water partition coefficient (Wildman–Crippen LogP) is 2.68. The Morgan fingerprint density at radius 2 is 1.21 bits per heavy atom. The zero-order chi connectivity index (χ0) is 20.1. The molecular formula is C20H14BN4O4. The van der Waals surface area contributed by atoms with Crippen molar-refractivity contribution in [3.8, 4) is 23.1 Å². The lowest BCUT2D eigenvalue weighted by Crippen LogP contribution is -2.11. The van der Waals surface area contributed by atoms with Crippen molar-refractivity contribution >= 4 is 20.3 Å². The molecule has 0 aliphatic rings. The van der Waals surface area contributed by atoms with E-state index < -0.39 is 0 Å². The molecule has 0 fully saturated rings. The Morgan fingerprint density at radius 1 is 0.724 bits per heavy atom. The van der Waals surface area contributed by atoms with Gasteiger partial charge in [-0.2, -0.15) is 0 Å². The second-order valence-corrected chi connectivity index (χ2v) is 5.98. The van der Waals surface area contributed by atoms with E-state index in [4.69, 9.17) is 9.31 Å². The van der Waals surface area contributed by atoms with Crippen LogP contribution in [0.15, 0.2) is 73.6 Å². The maximum atomic E-state index is 10.8. The largest absolute Gasteiger partial charge is 0.658 e. The molecule has 0 amide bonds. The first-order chi connectivity index (χ1) is 14.2. The molecule has 9 heteroatoms. The van der Waals surface area contributed by atoms with Crippen molar-refractivity contribution in [1.29, 1.82) is 0 Å². The molecule has 0 aromatic carbocycles. The molecule has 0 aliphatic carbocycles. The van der Waals surface area contributed by atoms with Gasteiger partial charge >= 0.3 is 7.69 Å². The van der Waals surface area contributed by atoms with Crippen LogP contribution in [-0.4, -0.2) is 39.4 Å². The molecule has 8 nitrogen and oxygen atoms in total. The number of carbonyl (C=O) groups excluding carboxylic acids is 2. The quantitative estimate of drug-likeness (QED) is 0.342. The molecule has 4 aromatic heterocycles. The summed E-state index contributed by atoms with van der Waals surface area (Å²) in [4.78, 5) is 30.1. The van der Waals surface area contributed by atoms with E-state index in [1.54, 1.807) is 82.7 Å². The van der Waals surface area contributed by atoms with Crippen molar-refractivity contribution < 1.29 is 18.9 Å². The van der Waals surface area contributed by atoms with Crippen LogP contribution < -0.4 is 9.31 Å². The second kappa shape index (κ2) is 8.26. The maximum Gasteiger partial charge on any atom is 0.658 e. The third kappa shape index (κ3) is 4.24. The summed E-state index contributed by atoms with van der Waals surface area (Å²) in [6, 6.07) is 10.4. The van der Waals surface area contributed by atoms with Gasteiger partial charge in [-0.05, 0) is 36.4 Å². The lowest BCUT2D eigenvalue weighted by Gasteiger charge is -2.08. The fraction of sp³-hybridized carbons (Fsp3) is 0. The topological polar surface area (TPSA) is 88.2 Å². The van der Waals surface area contributed by atoms with E-state index >= 15 is 0 Å². The van der Waals surface area contributed by atoms with Crippen molar-refractivity contribution in [3.05, 3.63) is 84.7 Å². The molecule has 0 unspecified atom stereocenters. The van der Waals surface area contributed by atoms with Crippen LogP contribution in [0.4, 0.5) is 0 Å². The van der Waals surface area contributed by atoms with Gasteiger partial charge in [0.25, 0.3) is 0 Å². The monoisotopic (exact) mass is 385 g/mol. The Morgan fingerprint density at radius 3 is 1.55 bits per heavy atom. The summed E-state index contributed by atoms with van der Waals surface area (Å²) in [5.74, 6) is 2.31. The molecular weight excluding hydrogens is 371 g/mol. The van der Waals surface area contributed by atoms with E-state index in [1.807, 2.05) is 0 Å². The summed E-state index contributed by atoms with van der Waals surface area (Å²) in [6.45, 7) is 0. The van der Waals surface area contributed by atoms with Crippen molar-refractivity contribution in [1.82, 2.24) is 19.1 Å². The first-order valence-corrected chi connectivity index (χ1v) is 8.59. The van der Waals surface area contributed by atoms with E-state index in [9.17, 15) is 9.59 Å². The highest BCUT2D eigenvalue weighted by Crippen LogP contribution is 2.15. The van der Waals surface area contributed by atoms with Gasteiger partial charge in [0.05, 0.1) is 12.4 Å². The van der Waals surface area contributed by atoms with Gasteiger partial charge in [-0.15, -0.1) is 0 Å². The van der Waals surface area contributed by atoms with Gasteiger partial charge in [0.2, 0.25) is 0 Å². The molecule has 141 valence electrons. The normalized spacial score (nSPS) is 10.3. The van der Waals surface area contributed by atoms with Crippen molar-refractivity contribution in [2.45, 2.75) is 0 Å². The Bertz CT molecular complexity index is 1030. The van der Waals surface area contributed by atoms with E-state index in [2.05, 4.69) is 9.97 Å². The fourth-order valence-electron chi connectivity index (χ4n) is 2.58. The van der Waals surface area contributed by atoms with Gasteiger partial charge in [-0.1, -0.05) is 0 Å². The van der Waals surface area contributed by atoms with Gasteiger partial charge in [-0.3, -0.25) is 9.59 Å². The summed E-state index contributed by atoms with van der Waals surface area (Å²) < 4.78 is 14.3. The summed E-state index contributed by atoms with van der Waals surface area (Å²) in [5.41, 5.74) is 1.16. The van der Waals surface area contributed by atoms with Gasteiger partial charge < -0.3 is 18.4 Å². The van der Waals surface area contributed by atoms with Crippen LogP contribution in [0.1, 0.15) is 20.7 Å². The number of hydrogen-bond donors (Lipinski definition) is 0. The van der Waals surface area contributed by atoms with Gasteiger partial charge in [0.1, 0.15) is 23.1 Å². The lowest BCUT2D eigenvalue weighted by molar-refractivity contribution is 0.111. The number of aldehydes is 2. The molecule has 29 heavy (non-hydrogen) atoms. The lowest BCUT2D eigenvalue weighted by atomic mass is 10.3. The highest BCUT2D eigenvalue weighted by molar-refractivity contribution is 6.20. The summed E-state index contributed by atoms with van der Waals surface area (Å²) in [6.07, 6.45) is 11.6. The third-order valence-electron chi connectivity index (χ3n) is 4.04. The SMILES string of the molecule is O=Cc1ccn(-c2ccc(O[B]Oc3ccc(-n4ccc(C=O)c4)nc3)cn2)c1. The van der Waals surface area contributed by atoms with Crippen LogP contribution in [0, 0.1) is 0 Å². The minimum absolute atomic E-state index is 0.495. The molecule has 0 saturated heterocycles. The van der Waals surface area contributed by atoms with Crippen molar-refractivity contribution in [2.24, 2.45) is 0 Å². The third-order valence-corrected chi connectivity index (χ3v) is 4.04. The van der Waals surface area contributed by atoms with E-state index in [1.165, 1.54) is 7.69 Å². The Kier molecular flexibility index (Phi) is 5.19. The average Bonchev–Trinajstić information content (AvgIpc) is 3.44. The molecule has 0 saturated carbocycles. The first-order valence-electron chi connectivity index (χ1n) is 8.59. The fourth-order valence-corrected chi connectivity index (χ4v) is 2.58. The number of aromatic nitrogens is 4. The van der Waals surface area contributed by atoms with Gasteiger partial charge in [-0.25, -0.2) is 9.97 Å². The molecule has 0 spiro atoms. The number of pyridine rings is 2. The molecule has 0 N–H and O–H groups in total. The minimum atomic E-state index is 0.495. The standard InChI is InChI=1S/C20H14BN4O4/c26-13-15-5-7-24(11-15)19-3-1-17(9-22-19)28-21-29-18-2-4-20(23-10-18)25-8-6-16(12-25)14-27/h1-14H. The van der Waals surface area contributed by atoms with E-state index in [0.717, 1.165) is 12.6 Å². The molecule has 1 radical (unpaired) electrons. The number of nitrogens with zero attached hydrogens (tertiary/aromatic N) is 4. The van der Waals surface area contributed by atoms with Crippen LogP contribution in [0.2, 0.25) is 0 Å². The zero-order valence-electron chi connectivity index (χ0n) is 15.1. The Balaban J connectivity index is 1.31. The van der Waals surface area contributed by atoms with Crippen LogP contribution in [0.3, 0.4) is 0 Å². The summed E-state index contributed by atoms with van der Waals surface area (Å²) >= 11 is 0. The minimum Gasteiger partial charge on any atom is -0.525 e. The van der Waals surface area contributed by atoms with Crippen LogP contribution in [0.25, 0.3) is 11.6 Å². The average molecular weight is 385 g/mol. The number of carbonyl (C=O) groups is 2. The molecule has 4 rings (SSSR count). The van der Waals surface area contributed by atoms with Gasteiger partial charge in [0, 0.05) is 35.9 Å². The van der Waals surface area contributed by atoms with Crippen LogP contribution in [-0.2, 0) is 0 Å². The molecule has 4 aromatic rings. The summed E-state index contributed by atoms with van der Waals surface area (Å²) in [7, 11) is 1.19. The van der Waals surface area contributed by atoms with Crippen LogP contribution >= 0.6 is 0 Å². The molecule has 0 aliphatic heterocycles. The highest BCUT2D eigenvalue weighted by Gasteiger charge is 2.06. The van der Waals surface area contributed by atoms with E-state index in [-0.39, 0.29) is 0 Å².